The second-order valence-corrected chi connectivity index (χ2v) is 5.37. The number of para-hydroxylation sites is 1. The van der Waals surface area contributed by atoms with Gasteiger partial charge in [0.1, 0.15) is 17.1 Å². The predicted molar refractivity (Wildman–Crippen MR) is 88.3 cm³/mol. The number of rotatable bonds is 6. The summed E-state index contributed by atoms with van der Waals surface area (Å²) in [5.41, 5.74) is -0.0913. The van der Waals surface area contributed by atoms with Gasteiger partial charge >= 0.3 is 13.1 Å². The number of hydrogen-bond donors (Lipinski definition) is 6. The zero-order chi connectivity index (χ0) is 18.6. The average Bonchev–Trinajstić information content (AvgIpc) is 2.55. The van der Waals surface area contributed by atoms with Crippen molar-refractivity contribution < 1.29 is 35.0 Å². The van der Waals surface area contributed by atoms with Crippen LogP contribution >= 0.6 is 0 Å². The summed E-state index contributed by atoms with van der Waals surface area (Å²) in [6.07, 6.45) is -0.213. The first-order valence-corrected chi connectivity index (χ1v) is 7.29. The zero-order valence-electron chi connectivity index (χ0n) is 13.0. The standard InChI is InChI=1S/C16H16BNO7/c19-11-5-1-4-10(7-11)15(21)18-13(17(24)25)8-9-3-2-6-12(14(9)20)16(22)23/h1-7,13,19-20,24-25H,8H2,(H,18,21)(H,22,23)/t13-/m0/s1. The van der Waals surface area contributed by atoms with Crippen molar-refractivity contribution in [3.05, 3.63) is 59.2 Å². The molecule has 0 radical (unpaired) electrons. The van der Waals surface area contributed by atoms with Gasteiger partial charge in [-0.15, -0.1) is 0 Å². The molecule has 130 valence electrons. The van der Waals surface area contributed by atoms with Crippen molar-refractivity contribution in [1.29, 1.82) is 0 Å². The highest BCUT2D eigenvalue weighted by Crippen LogP contribution is 2.24. The lowest BCUT2D eigenvalue weighted by molar-refractivity contribution is 0.0693. The van der Waals surface area contributed by atoms with Gasteiger partial charge in [-0.25, -0.2) is 4.79 Å². The molecule has 2 rings (SSSR count). The van der Waals surface area contributed by atoms with Crippen LogP contribution in [-0.4, -0.2) is 50.3 Å². The fourth-order valence-corrected chi connectivity index (χ4v) is 2.30. The van der Waals surface area contributed by atoms with E-state index in [4.69, 9.17) is 5.11 Å². The van der Waals surface area contributed by atoms with Gasteiger partial charge in [-0.3, -0.25) is 4.79 Å². The maximum atomic E-state index is 12.2. The molecule has 0 aliphatic carbocycles. The minimum absolute atomic E-state index is 0.106. The highest BCUT2D eigenvalue weighted by atomic mass is 16.4. The van der Waals surface area contributed by atoms with Gasteiger partial charge in [0.15, 0.2) is 0 Å². The van der Waals surface area contributed by atoms with Crippen LogP contribution in [0.3, 0.4) is 0 Å². The Hall–Kier alpha value is -3.04. The summed E-state index contributed by atoms with van der Waals surface area (Å²) >= 11 is 0. The molecular formula is C16H16BNO7. The Morgan fingerprint density at radius 2 is 1.76 bits per heavy atom. The number of aromatic carboxylic acids is 1. The Morgan fingerprint density at radius 3 is 2.36 bits per heavy atom. The van der Waals surface area contributed by atoms with E-state index in [0.717, 1.165) is 0 Å². The van der Waals surface area contributed by atoms with Gasteiger partial charge in [0.2, 0.25) is 0 Å². The number of amides is 1. The van der Waals surface area contributed by atoms with Gasteiger partial charge in [-0.2, -0.15) is 0 Å². The normalized spacial score (nSPS) is 11.6. The van der Waals surface area contributed by atoms with Gasteiger partial charge < -0.3 is 30.7 Å². The molecule has 0 heterocycles. The molecular weight excluding hydrogens is 329 g/mol. The molecule has 6 N–H and O–H groups in total. The molecule has 0 saturated heterocycles. The van der Waals surface area contributed by atoms with Crippen molar-refractivity contribution in [2.24, 2.45) is 0 Å². The summed E-state index contributed by atoms with van der Waals surface area (Å²) in [6.45, 7) is 0. The minimum atomic E-state index is -1.95. The summed E-state index contributed by atoms with van der Waals surface area (Å²) < 4.78 is 0. The smallest absolute Gasteiger partial charge is 0.475 e. The van der Waals surface area contributed by atoms with Crippen molar-refractivity contribution in [1.82, 2.24) is 5.32 Å². The Bertz CT molecular complexity index is 794. The van der Waals surface area contributed by atoms with Crippen molar-refractivity contribution in [3.8, 4) is 11.5 Å². The first kappa shape index (κ1) is 18.3. The van der Waals surface area contributed by atoms with Crippen LogP contribution in [0.25, 0.3) is 0 Å². The molecule has 0 aliphatic heterocycles. The van der Waals surface area contributed by atoms with Gasteiger partial charge in [0, 0.05) is 5.56 Å². The SMILES string of the molecule is O=C(N[C@@H](Cc1cccc(C(=O)O)c1O)B(O)O)c1cccc(O)c1. The number of aromatic hydroxyl groups is 2. The largest absolute Gasteiger partial charge is 0.508 e. The Balaban J connectivity index is 2.21. The average molecular weight is 345 g/mol. The third-order valence-corrected chi connectivity index (χ3v) is 3.57. The van der Waals surface area contributed by atoms with Crippen LogP contribution in [0, 0.1) is 0 Å². The molecule has 0 unspecified atom stereocenters. The molecule has 0 saturated carbocycles. The van der Waals surface area contributed by atoms with E-state index < -0.39 is 30.7 Å². The second-order valence-electron chi connectivity index (χ2n) is 5.37. The molecule has 8 nitrogen and oxygen atoms in total. The van der Waals surface area contributed by atoms with E-state index in [1.165, 1.54) is 42.5 Å². The minimum Gasteiger partial charge on any atom is -0.508 e. The van der Waals surface area contributed by atoms with E-state index in [9.17, 15) is 29.9 Å². The number of carboxylic acids is 1. The summed E-state index contributed by atoms with van der Waals surface area (Å²) in [4.78, 5) is 23.2. The van der Waals surface area contributed by atoms with Crippen molar-refractivity contribution in [3.63, 3.8) is 0 Å². The molecule has 9 heteroatoms. The Morgan fingerprint density at radius 1 is 1.08 bits per heavy atom. The lowest BCUT2D eigenvalue weighted by atomic mass is 9.75. The van der Waals surface area contributed by atoms with Crippen LogP contribution in [-0.2, 0) is 6.42 Å². The number of carbonyl (C=O) groups excluding carboxylic acids is 1. The number of hydrogen-bond acceptors (Lipinski definition) is 6. The molecule has 0 spiro atoms. The third-order valence-electron chi connectivity index (χ3n) is 3.57. The van der Waals surface area contributed by atoms with Crippen LogP contribution in [0.4, 0.5) is 0 Å². The van der Waals surface area contributed by atoms with E-state index in [0.29, 0.717) is 0 Å². The second kappa shape index (κ2) is 7.69. The molecule has 0 aromatic heterocycles. The van der Waals surface area contributed by atoms with Crippen LogP contribution in [0.15, 0.2) is 42.5 Å². The molecule has 1 atom stereocenters. The maximum Gasteiger partial charge on any atom is 0.475 e. The van der Waals surface area contributed by atoms with E-state index in [-0.39, 0.29) is 28.9 Å². The summed E-state index contributed by atoms with van der Waals surface area (Å²) in [7, 11) is -1.95. The van der Waals surface area contributed by atoms with Crippen molar-refractivity contribution in [2.45, 2.75) is 12.4 Å². The van der Waals surface area contributed by atoms with E-state index in [1.807, 2.05) is 0 Å². The van der Waals surface area contributed by atoms with Crippen LogP contribution in [0.5, 0.6) is 11.5 Å². The van der Waals surface area contributed by atoms with Crippen molar-refractivity contribution in [2.75, 3.05) is 0 Å². The number of carbonyl (C=O) groups is 2. The molecule has 0 bridgehead atoms. The summed E-state index contributed by atoms with van der Waals surface area (Å²) in [5.74, 6) is -3.83. The molecule has 1 amide bonds. The lowest BCUT2D eigenvalue weighted by Gasteiger charge is -2.19. The van der Waals surface area contributed by atoms with Gasteiger partial charge in [0.05, 0.1) is 5.94 Å². The number of phenols is 2. The summed E-state index contributed by atoms with van der Waals surface area (Å²) in [6, 6.07) is 9.49. The number of benzene rings is 2. The highest BCUT2D eigenvalue weighted by Gasteiger charge is 2.28. The third kappa shape index (κ3) is 4.49. The highest BCUT2D eigenvalue weighted by molar-refractivity contribution is 6.43. The fraction of sp³-hybridized carbons (Fsp3) is 0.125. The first-order valence-electron chi connectivity index (χ1n) is 7.29. The van der Waals surface area contributed by atoms with Crippen LogP contribution in [0.1, 0.15) is 26.3 Å². The molecule has 25 heavy (non-hydrogen) atoms. The Labute approximate surface area is 143 Å². The predicted octanol–water partition coefficient (Wildman–Crippen LogP) is 0.149. The quantitative estimate of drug-likeness (QED) is 0.408. The topological polar surface area (TPSA) is 147 Å². The first-order chi connectivity index (χ1) is 11.8. The maximum absolute atomic E-state index is 12.2. The molecule has 0 aliphatic rings. The monoisotopic (exact) mass is 345 g/mol. The fourth-order valence-electron chi connectivity index (χ4n) is 2.30. The van der Waals surface area contributed by atoms with E-state index in [1.54, 1.807) is 0 Å². The number of carboxylic acid groups (broad SMARTS) is 1. The zero-order valence-corrected chi connectivity index (χ0v) is 13.0. The molecule has 2 aromatic rings. The Kier molecular flexibility index (Phi) is 5.63. The van der Waals surface area contributed by atoms with Gasteiger partial charge in [-0.05, 0) is 36.2 Å². The number of nitrogens with one attached hydrogen (secondary N) is 1. The lowest BCUT2D eigenvalue weighted by Crippen LogP contribution is -2.47. The van der Waals surface area contributed by atoms with E-state index >= 15 is 0 Å². The van der Waals surface area contributed by atoms with Crippen molar-refractivity contribution >= 4 is 19.0 Å². The van der Waals surface area contributed by atoms with E-state index in [2.05, 4.69) is 5.32 Å². The molecule has 0 fully saturated rings. The number of phenolic OH excluding ortho intramolecular Hbond substituents is 1. The van der Waals surface area contributed by atoms with Crippen LogP contribution in [0.2, 0.25) is 0 Å². The van der Waals surface area contributed by atoms with Gasteiger partial charge in [0.25, 0.3) is 5.91 Å². The summed E-state index contributed by atoms with van der Waals surface area (Å²) in [5, 5.41) is 49.7. The van der Waals surface area contributed by atoms with Gasteiger partial charge in [-0.1, -0.05) is 18.2 Å². The van der Waals surface area contributed by atoms with Crippen LogP contribution < -0.4 is 5.32 Å². The molecule has 2 aromatic carbocycles.